The van der Waals surface area contributed by atoms with Crippen molar-refractivity contribution < 1.29 is 31.2 Å². The maximum Gasteiger partial charge on any atom is 0.416 e. The fourth-order valence-electron chi connectivity index (χ4n) is 3.68. The van der Waals surface area contributed by atoms with Crippen LogP contribution in [0.25, 0.3) is 0 Å². The first-order chi connectivity index (χ1) is 17.4. The predicted octanol–water partition coefficient (Wildman–Crippen LogP) is 5.24. The summed E-state index contributed by atoms with van der Waals surface area (Å²) >= 11 is 5.96. The minimum Gasteiger partial charge on any atom is -0.350 e. The van der Waals surface area contributed by atoms with Crippen molar-refractivity contribution in [3.8, 4) is 0 Å². The van der Waals surface area contributed by atoms with Gasteiger partial charge in [0.2, 0.25) is 21.8 Å². The third-order valence-electron chi connectivity index (χ3n) is 5.55. The molecule has 210 valence electrons. The van der Waals surface area contributed by atoms with Gasteiger partial charge < -0.3 is 10.2 Å². The number of benzene rings is 2. The maximum atomic E-state index is 13.3. The lowest BCUT2D eigenvalue weighted by atomic mass is 10.1. The Balaban J connectivity index is 2.23. The van der Waals surface area contributed by atoms with Crippen molar-refractivity contribution in [1.82, 2.24) is 10.2 Å². The summed E-state index contributed by atoms with van der Waals surface area (Å²) < 4.78 is 65.1. The molecular formula is C26H33ClF3N3O4S. The zero-order chi connectivity index (χ0) is 28.9. The molecule has 2 rings (SSSR count). The number of alkyl halides is 3. The van der Waals surface area contributed by atoms with Gasteiger partial charge in [-0.2, -0.15) is 13.2 Å². The lowest BCUT2D eigenvalue weighted by Gasteiger charge is -2.32. The highest BCUT2D eigenvalue weighted by Gasteiger charge is 2.32. The maximum absolute atomic E-state index is 13.3. The number of nitrogens with one attached hydrogen (secondary N) is 1. The molecule has 2 amide bonds. The van der Waals surface area contributed by atoms with Crippen LogP contribution in [0.3, 0.4) is 0 Å². The van der Waals surface area contributed by atoms with Crippen LogP contribution in [0.2, 0.25) is 5.02 Å². The number of anilines is 1. The first kappa shape index (κ1) is 31.4. The number of rotatable bonds is 10. The lowest BCUT2D eigenvalue weighted by Crippen LogP contribution is -2.52. The van der Waals surface area contributed by atoms with E-state index >= 15 is 0 Å². The Morgan fingerprint density at radius 3 is 2.18 bits per heavy atom. The van der Waals surface area contributed by atoms with Gasteiger partial charge in [0.1, 0.15) is 6.04 Å². The quantitative estimate of drug-likeness (QED) is 0.420. The second-order valence-electron chi connectivity index (χ2n) is 10.1. The number of carbonyl (C=O) groups is 2. The third kappa shape index (κ3) is 9.50. The molecule has 0 radical (unpaired) electrons. The van der Waals surface area contributed by atoms with Gasteiger partial charge >= 0.3 is 6.18 Å². The van der Waals surface area contributed by atoms with Crippen LogP contribution in [0.1, 0.15) is 51.7 Å². The molecule has 0 saturated heterocycles. The Morgan fingerprint density at radius 1 is 1.05 bits per heavy atom. The van der Waals surface area contributed by atoms with E-state index in [0.29, 0.717) is 5.02 Å². The molecule has 0 spiro atoms. The van der Waals surface area contributed by atoms with Gasteiger partial charge in [0.25, 0.3) is 0 Å². The van der Waals surface area contributed by atoms with Gasteiger partial charge in [-0.25, -0.2) is 8.42 Å². The van der Waals surface area contributed by atoms with Crippen LogP contribution < -0.4 is 9.62 Å². The Morgan fingerprint density at radius 2 is 1.66 bits per heavy atom. The van der Waals surface area contributed by atoms with Crippen molar-refractivity contribution >= 4 is 39.1 Å². The second-order valence-corrected chi connectivity index (χ2v) is 12.4. The van der Waals surface area contributed by atoms with E-state index in [9.17, 15) is 31.2 Å². The summed E-state index contributed by atoms with van der Waals surface area (Å²) in [6.45, 7) is 6.94. The fraction of sp³-hybridized carbons (Fsp3) is 0.462. The molecule has 0 heterocycles. The molecule has 0 unspecified atom stereocenters. The Hall–Kier alpha value is -2.79. The third-order valence-corrected chi connectivity index (χ3v) is 6.99. The molecule has 0 saturated carbocycles. The normalized spacial score (nSPS) is 13.1. The highest BCUT2D eigenvalue weighted by molar-refractivity contribution is 7.92. The van der Waals surface area contributed by atoms with E-state index in [-0.39, 0.29) is 37.5 Å². The van der Waals surface area contributed by atoms with Crippen LogP contribution in [0, 0.1) is 0 Å². The average molecular weight is 576 g/mol. The molecule has 1 atom stereocenters. The van der Waals surface area contributed by atoms with Crippen LogP contribution in [-0.2, 0) is 32.3 Å². The number of halogens is 4. The Kier molecular flexibility index (Phi) is 10.2. The fourth-order valence-corrected chi connectivity index (χ4v) is 4.77. The molecule has 38 heavy (non-hydrogen) atoms. The smallest absolute Gasteiger partial charge is 0.350 e. The molecule has 0 aliphatic rings. The summed E-state index contributed by atoms with van der Waals surface area (Å²) in [5.41, 5.74) is -0.917. The van der Waals surface area contributed by atoms with E-state index in [1.165, 1.54) is 11.0 Å². The van der Waals surface area contributed by atoms with E-state index in [0.717, 1.165) is 34.3 Å². The van der Waals surface area contributed by atoms with Crippen molar-refractivity contribution in [2.45, 2.75) is 64.8 Å². The van der Waals surface area contributed by atoms with Gasteiger partial charge in [-0.3, -0.25) is 13.9 Å². The van der Waals surface area contributed by atoms with Gasteiger partial charge in [-0.05, 0) is 70.0 Å². The topological polar surface area (TPSA) is 86.8 Å². The van der Waals surface area contributed by atoms with Gasteiger partial charge in [-0.15, -0.1) is 0 Å². The highest BCUT2D eigenvalue weighted by atomic mass is 35.5. The standard InChI is InChI=1S/C26H33ClF3N3O4S/c1-18(24(35)31-25(2,3)4)32(17-19-11-13-21(27)14-12-19)23(34)10-7-15-33(38(5,36)37)22-9-6-8-20(16-22)26(28,29)30/h6,8-9,11-14,16,18H,7,10,15,17H2,1-5H3,(H,31,35)/t18-/m1/s1. The number of hydrogen-bond donors (Lipinski definition) is 1. The zero-order valence-electron chi connectivity index (χ0n) is 22.0. The molecule has 1 N–H and O–H groups in total. The van der Waals surface area contributed by atoms with Crippen molar-refractivity contribution in [3.05, 3.63) is 64.7 Å². The lowest BCUT2D eigenvalue weighted by molar-refractivity contribution is -0.141. The summed E-state index contributed by atoms with van der Waals surface area (Å²) in [5, 5.41) is 3.36. The molecule has 0 aliphatic heterocycles. The average Bonchev–Trinajstić information content (AvgIpc) is 2.78. The first-order valence-corrected chi connectivity index (χ1v) is 14.1. The van der Waals surface area contributed by atoms with Crippen LogP contribution in [0.15, 0.2) is 48.5 Å². The van der Waals surface area contributed by atoms with Gasteiger partial charge in [0, 0.05) is 30.1 Å². The summed E-state index contributed by atoms with van der Waals surface area (Å²) in [7, 11) is -3.94. The van der Waals surface area contributed by atoms with Crippen LogP contribution in [0.5, 0.6) is 0 Å². The SMILES string of the molecule is C[C@H](C(=O)NC(C)(C)C)N(Cc1ccc(Cl)cc1)C(=O)CCCN(c1cccc(C(F)(F)F)c1)S(C)(=O)=O. The van der Waals surface area contributed by atoms with E-state index < -0.39 is 39.3 Å². The molecule has 0 aliphatic carbocycles. The molecular weight excluding hydrogens is 543 g/mol. The Labute approximate surface area is 227 Å². The van der Waals surface area contributed by atoms with Crippen LogP contribution >= 0.6 is 11.6 Å². The van der Waals surface area contributed by atoms with Crippen molar-refractivity contribution in [2.24, 2.45) is 0 Å². The number of nitrogens with zero attached hydrogens (tertiary/aromatic N) is 2. The molecule has 2 aromatic rings. The largest absolute Gasteiger partial charge is 0.416 e. The van der Waals surface area contributed by atoms with Crippen molar-refractivity contribution in [3.63, 3.8) is 0 Å². The van der Waals surface area contributed by atoms with E-state index in [1.807, 2.05) is 20.8 Å². The molecule has 7 nitrogen and oxygen atoms in total. The van der Waals surface area contributed by atoms with Crippen LogP contribution in [-0.4, -0.2) is 49.5 Å². The highest BCUT2D eigenvalue weighted by Crippen LogP contribution is 2.32. The zero-order valence-corrected chi connectivity index (χ0v) is 23.5. The van der Waals surface area contributed by atoms with Gasteiger partial charge in [-0.1, -0.05) is 29.8 Å². The first-order valence-electron chi connectivity index (χ1n) is 11.9. The molecule has 0 fully saturated rings. The summed E-state index contributed by atoms with van der Waals surface area (Å²) in [4.78, 5) is 27.5. The summed E-state index contributed by atoms with van der Waals surface area (Å²) in [5.74, 6) is -0.768. The minimum absolute atomic E-state index is 0.0207. The Bertz CT molecular complexity index is 1230. The molecule has 0 aromatic heterocycles. The number of hydrogen-bond acceptors (Lipinski definition) is 4. The molecule has 2 aromatic carbocycles. The van der Waals surface area contributed by atoms with Gasteiger partial charge in [0.05, 0.1) is 17.5 Å². The minimum atomic E-state index is -4.64. The number of amides is 2. The van der Waals surface area contributed by atoms with E-state index in [1.54, 1.807) is 31.2 Å². The summed E-state index contributed by atoms with van der Waals surface area (Å²) in [6.07, 6.45) is -3.86. The van der Waals surface area contributed by atoms with Crippen molar-refractivity contribution in [1.29, 1.82) is 0 Å². The number of carbonyl (C=O) groups excluding carboxylic acids is 2. The monoisotopic (exact) mass is 575 g/mol. The van der Waals surface area contributed by atoms with Crippen LogP contribution in [0.4, 0.5) is 18.9 Å². The summed E-state index contributed by atoms with van der Waals surface area (Å²) in [6, 6.07) is 9.96. The molecule has 12 heteroatoms. The second kappa shape index (κ2) is 12.4. The van der Waals surface area contributed by atoms with E-state index in [4.69, 9.17) is 11.6 Å². The molecule has 0 bridgehead atoms. The van der Waals surface area contributed by atoms with Crippen molar-refractivity contribution in [2.75, 3.05) is 17.1 Å². The van der Waals surface area contributed by atoms with Gasteiger partial charge in [0.15, 0.2) is 0 Å². The predicted molar refractivity (Wildman–Crippen MR) is 142 cm³/mol. The number of sulfonamides is 1. The van der Waals surface area contributed by atoms with E-state index in [2.05, 4.69) is 5.32 Å².